The third-order valence-electron chi connectivity index (χ3n) is 11.3. The molecule has 0 heterocycles. The number of hydrogen-bond acceptors (Lipinski definition) is 12. The number of esters is 2. The van der Waals surface area contributed by atoms with Gasteiger partial charge in [-0.1, -0.05) is 173 Å². The predicted octanol–water partition coefficient (Wildman–Crippen LogP) is 9.62. The van der Waals surface area contributed by atoms with Crippen molar-refractivity contribution in [3.8, 4) is 0 Å². The second-order valence-electron chi connectivity index (χ2n) is 17.0. The van der Waals surface area contributed by atoms with Crippen molar-refractivity contribution in [1.82, 2.24) is 0 Å². The Labute approximate surface area is 368 Å². The molecule has 0 aromatic carbocycles. The number of unbranched alkanes of at least 4 members (excludes halogenated alkanes) is 24. The summed E-state index contributed by atoms with van der Waals surface area (Å²) in [6, 6.07) is 0. The normalized spacial score (nSPS) is 22.2. The van der Waals surface area contributed by atoms with Crippen LogP contribution in [0.15, 0.2) is 24.3 Å². The maximum atomic E-state index is 12.8. The van der Waals surface area contributed by atoms with Gasteiger partial charge in [-0.25, -0.2) is 4.57 Å². The van der Waals surface area contributed by atoms with Crippen molar-refractivity contribution < 1.29 is 63.1 Å². The summed E-state index contributed by atoms with van der Waals surface area (Å²) in [5, 5.41) is 50.2. The summed E-state index contributed by atoms with van der Waals surface area (Å²) in [5.41, 5.74) is 0. The third kappa shape index (κ3) is 30.2. The summed E-state index contributed by atoms with van der Waals surface area (Å²) in [5.74, 6) is -1.11. The van der Waals surface area contributed by atoms with Crippen molar-refractivity contribution in [2.75, 3.05) is 13.2 Å². The molecule has 358 valence electrons. The van der Waals surface area contributed by atoms with Crippen LogP contribution in [-0.4, -0.2) is 98.3 Å². The van der Waals surface area contributed by atoms with E-state index in [1.807, 2.05) is 0 Å². The summed E-state index contributed by atoms with van der Waals surface area (Å²) < 4.78 is 33.6. The lowest BCUT2D eigenvalue weighted by Crippen LogP contribution is -2.64. The van der Waals surface area contributed by atoms with E-state index in [4.69, 9.17) is 18.5 Å². The van der Waals surface area contributed by atoms with Gasteiger partial charge in [0.15, 0.2) is 6.10 Å². The van der Waals surface area contributed by atoms with Crippen molar-refractivity contribution in [2.24, 2.45) is 0 Å². The van der Waals surface area contributed by atoms with E-state index in [0.717, 1.165) is 64.2 Å². The van der Waals surface area contributed by atoms with E-state index in [2.05, 4.69) is 38.2 Å². The average molecular weight is 891 g/mol. The van der Waals surface area contributed by atoms with Gasteiger partial charge in [-0.3, -0.25) is 18.6 Å². The number of carbonyl (C=O) groups excluding carboxylic acids is 2. The minimum Gasteiger partial charge on any atom is -0.462 e. The van der Waals surface area contributed by atoms with E-state index in [-0.39, 0.29) is 12.8 Å². The Morgan fingerprint density at radius 3 is 1.34 bits per heavy atom. The molecule has 0 saturated heterocycles. The smallest absolute Gasteiger partial charge is 0.462 e. The van der Waals surface area contributed by atoms with Crippen LogP contribution < -0.4 is 0 Å². The van der Waals surface area contributed by atoms with Gasteiger partial charge in [-0.15, -0.1) is 0 Å². The van der Waals surface area contributed by atoms with Gasteiger partial charge in [0, 0.05) is 12.8 Å². The van der Waals surface area contributed by atoms with Gasteiger partial charge in [0.1, 0.15) is 43.2 Å². The first kappa shape index (κ1) is 57.3. The van der Waals surface area contributed by atoms with Gasteiger partial charge in [-0.05, 0) is 44.9 Å². The fraction of sp³-hybridized carbons (Fsp3) is 0.872. The van der Waals surface area contributed by atoms with Crippen LogP contribution in [0.3, 0.4) is 0 Å². The van der Waals surface area contributed by atoms with Crippen molar-refractivity contribution in [1.29, 1.82) is 0 Å². The molecule has 1 aliphatic carbocycles. The predicted molar refractivity (Wildman–Crippen MR) is 240 cm³/mol. The second kappa shape index (κ2) is 37.7. The first-order valence-electron chi connectivity index (χ1n) is 24.1. The van der Waals surface area contributed by atoms with Crippen LogP contribution in [0.25, 0.3) is 0 Å². The fourth-order valence-corrected chi connectivity index (χ4v) is 8.35. The summed E-state index contributed by atoms with van der Waals surface area (Å²) in [4.78, 5) is 35.7. The maximum Gasteiger partial charge on any atom is 0.472 e. The van der Waals surface area contributed by atoms with Gasteiger partial charge in [-0.2, -0.15) is 0 Å². The summed E-state index contributed by atoms with van der Waals surface area (Å²) in [6.07, 6.45) is 28.0. The molecular weight excluding hydrogens is 803 g/mol. The number of phosphoric acid groups is 1. The minimum absolute atomic E-state index is 0.0835. The number of aliphatic hydroxyl groups is 5. The maximum absolute atomic E-state index is 12.8. The Morgan fingerprint density at radius 2 is 0.885 bits per heavy atom. The topological polar surface area (TPSA) is 210 Å². The molecule has 6 atom stereocenters. The molecule has 0 amide bonds. The molecule has 1 aliphatic rings. The molecule has 1 fully saturated rings. The molecule has 6 unspecified atom stereocenters. The van der Waals surface area contributed by atoms with Gasteiger partial charge in [0.05, 0.1) is 6.61 Å². The molecular formula is C47H87O13P. The highest BCUT2D eigenvalue weighted by molar-refractivity contribution is 7.47. The summed E-state index contributed by atoms with van der Waals surface area (Å²) >= 11 is 0. The van der Waals surface area contributed by atoms with Crippen LogP contribution in [0.5, 0.6) is 0 Å². The standard InChI is InChI=1S/C47H87O13P/c1-3-5-7-9-11-13-15-17-19-21-23-25-27-29-31-33-35-40(48)57-37-39(38-58-61(55,56)60-47-45(53)43(51)42(50)44(52)46(47)54)59-41(49)36-34-32-30-28-26-24-22-20-18-16-14-12-10-8-6-4-2/h14,16,20,22,39,42-47,50-54H,3-13,15,17-19,21,23-38H2,1-2H3,(H,55,56)/b16-14-,22-20-. The molecule has 1 rings (SSSR count). The van der Waals surface area contributed by atoms with Crippen LogP contribution in [0.1, 0.15) is 206 Å². The Morgan fingerprint density at radius 1 is 0.508 bits per heavy atom. The number of rotatable bonds is 40. The molecule has 0 aromatic heterocycles. The Hall–Kier alpha value is -1.67. The van der Waals surface area contributed by atoms with Gasteiger partial charge in [0.2, 0.25) is 0 Å². The molecule has 61 heavy (non-hydrogen) atoms. The summed E-state index contributed by atoms with van der Waals surface area (Å²) in [7, 11) is -5.12. The minimum atomic E-state index is -5.12. The van der Waals surface area contributed by atoms with E-state index in [1.165, 1.54) is 103 Å². The van der Waals surface area contributed by atoms with Gasteiger partial charge >= 0.3 is 19.8 Å². The number of phosphoric ester groups is 1. The number of carbonyl (C=O) groups is 2. The Bertz CT molecular complexity index is 1170. The number of hydrogen-bond donors (Lipinski definition) is 6. The molecule has 0 aromatic rings. The number of ether oxygens (including phenoxy) is 2. The molecule has 0 radical (unpaired) electrons. The average Bonchev–Trinajstić information content (AvgIpc) is 3.24. The van der Waals surface area contributed by atoms with Gasteiger partial charge in [0.25, 0.3) is 0 Å². The van der Waals surface area contributed by atoms with E-state index < -0.39 is 75.7 Å². The molecule has 0 aliphatic heterocycles. The monoisotopic (exact) mass is 891 g/mol. The molecule has 1 saturated carbocycles. The number of aliphatic hydroxyl groups excluding tert-OH is 5. The van der Waals surface area contributed by atoms with Crippen molar-refractivity contribution in [3.05, 3.63) is 24.3 Å². The van der Waals surface area contributed by atoms with E-state index >= 15 is 0 Å². The largest absolute Gasteiger partial charge is 0.472 e. The first-order chi connectivity index (χ1) is 29.4. The van der Waals surface area contributed by atoms with Crippen molar-refractivity contribution >= 4 is 19.8 Å². The zero-order valence-electron chi connectivity index (χ0n) is 38.0. The fourth-order valence-electron chi connectivity index (χ4n) is 7.38. The van der Waals surface area contributed by atoms with Crippen molar-refractivity contribution in [2.45, 2.75) is 249 Å². The lowest BCUT2D eigenvalue weighted by molar-refractivity contribution is -0.220. The summed E-state index contributed by atoms with van der Waals surface area (Å²) in [6.45, 7) is 3.29. The first-order valence-corrected chi connectivity index (χ1v) is 25.6. The molecule has 6 N–H and O–H groups in total. The third-order valence-corrected chi connectivity index (χ3v) is 12.3. The van der Waals surface area contributed by atoms with Crippen LogP contribution in [0.4, 0.5) is 0 Å². The van der Waals surface area contributed by atoms with Crippen molar-refractivity contribution in [3.63, 3.8) is 0 Å². The van der Waals surface area contributed by atoms with Crippen LogP contribution in [0, 0.1) is 0 Å². The zero-order chi connectivity index (χ0) is 45.0. The van der Waals surface area contributed by atoms with E-state index in [9.17, 15) is 44.6 Å². The van der Waals surface area contributed by atoms with Crippen LogP contribution >= 0.6 is 7.82 Å². The SMILES string of the molecule is CCCCCC/C=C\C/C=C\CCCCCCCC(=O)OC(COC(=O)CCCCCCCCCCCCCCCCCC)COP(=O)(O)OC1C(O)C(O)C(O)C(O)C1O. The molecule has 0 spiro atoms. The quantitative estimate of drug-likeness (QED) is 0.0147. The van der Waals surface area contributed by atoms with E-state index in [0.29, 0.717) is 12.8 Å². The Balaban J connectivity index is 2.44. The molecule has 13 nitrogen and oxygen atoms in total. The lowest BCUT2D eigenvalue weighted by atomic mass is 9.85. The molecule has 14 heteroatoms. The van der Waals surface area contributed by atoms with Crippen LogP contribution in [0.2, 0.25) is 0 Å². The highest BCUT2D eigenvalue weighted by atomic mass is 31.2. The second-order valence-corrected chi connectivity index (χ2v) is 18.4. The Kier molecular flexibility index (Phi) is 35.4. The highest BCUT2D eigenvalue weighted by Crippen LogP contribution is 2.47. The van der Waals surface area contributed by atoms with Gasteiger partial charge < -0.3 is 39.9 Å². The number of allylic oxidation sites excluding steroid dienone is 4. The van der Waals surface area contributed by atoms with Crippen LogP contribution in [-0.2, 0) is 32.7 Å². The van der Waals surface area contributed by atoms with E-state index in [1.54, 1.807) is 0 Å². The lowest BCUT2D eigenvalue weighted by Gasteiger charge is -2.41. The highest BCUT2D eigenvalue weighted by Gasteiger charge is 2.51. The zero-order valence-corrected chi connectivity index (χ0v) is 38.9. The molecule has 0 bridgehead atoms.